The summed E-state index contributed by atoms with van der Waals surface area (Å²) >= 11 is 13.5. The number of nitrogens with zero attached hydrogens (tertiary/aromatic N) is 1. The van der Waals surface area contributed by atoms with E-state index < -0.39 is 15.9 Å². The zero-order valence-corrected chi connectivity index (χ0v) is 21.3. The molecule has 33 heavy (non-hydrogen) atoms. The molecule has 0 aliphatic heterocycles. The molecule has 5 nitrogen and oxygen atoms in total. The molecule has 0 aliphatic rings. The van der Waals surface area contributed by atoms with Crippen molar-refractivity contribution in [2.45, 2.75) is 29.3 Å². The summed E-state index contributed by atoms with van der Waals surface area (Å²) in [7, 11) is -3.95. The third-order valence-corrected chi connectivity index (χ3v) is 8.09. The van der Waals surface area contributed by atoms with Gasteiger partial charge < -0.3 is 5.32 Å². The van der Waals surface area contributed by atoms with E-state index in [0.29, 0.717) is 15.6 Å². The molecule has 174 valence electrons. The van der Waals surface area contributed by atoms with Crippen molar-refractivity contribution in [1.82, 2.24) is 9.62 Å². The number of carbonyl (C=O) groups is 1. The summed E-state index contributed by atoms with van der Waals surface area (Å²) < 4.78 is 27.9. The molecule has 0 spiro atoms. The average Bonchev–Trinajstić information content (AvgIpc) is 2.80. The van der Waals surface area contributed by atoms with Crippen LogP contribution in [-0.4, -0.2) is 31.4 Å². The molecule has 1 N–H and O–H groups in total. The Morgan fingerprint density at radius 1 is 0.939 bits per heavy atom. The second kappa shape index (κ2) is 11.4. The highest BCUT2D eigenvalue weighted by atomic mass is 35.5. The van der Waals surface area contributed by atoms with Gasteiger partial charge in [0, 0.05) is 21.5 Å². The zero-order valence-electron chi connectivity index (χ0n) is 18.2. The Bertz CT molecular complexity index is 1180. The minimum Gasteiger partial charge on any atom is -0.348 e. The number of hydrogen-bond donors (Lipinski definition) is 1. The molecule has 0 saturated carbocycles. The molecule has 0 fully saturated rings. The number of nitrogens with one attached hydrogen (secondary N) is 1. The van der Waals surface area contributed by atoms with Crippen LogP contribution in [0, 0.1) is 0 Å². The van der Waals surface area contributed by atoms with Gasteiger partial charge in [0.05, 0.1) is 17.5 Å². The summed E-state index contributed by atoms with van der Waals surface area (Å²) in [5.74, 6) is -0.400. The lowest BCUT2D eigenvalue weighted by Crippen LogP contribution is -2.41. The smallest absolute Gasteiger partial charge is 0.243 e. The summed E-state index contributed by atoms with van der Waals surface area (Å²) in [4.78, 5) is 14.1. The Morgan fingerprint density at radius 3 is 2.03 bits per heavy atom. The van der Waals surface area contributed by atoms with Gasteiger partial charge in [-0.1, -0.05) is 47.5 Å². The van der Waals surface area contributed by atoms with Crippen LogP contribution in [0.5, 0.6) is 0 Å². The third kappa shape index (κ3) is 6.98. The van der Waals surface area contributed by atoms with Crippen LogP contribution in [-0.2, 0) is 21.4 Å². The van der Waals surface area contributed by atoms with Gasteiger partial charge in [0.25, 0.3) is 0 Å². The van der Waals surface area contributed by atoms with E-state index in [9.17, 15) is 13.2 Å². The monoisotopic (exact) mass is 522 g/mol. The largest absolute Gasteiger partial charge is 0.348 e. The van der Waals surface area contributed by atoms with Gasteiger partial charge >= 0.3 is 0 Å². The molecule has 3 aromatic carbocycles. The summed E-state index contributed by atoms with van der Waals surface area (Å²) in [5, 5.41) is 3.87. The van der Waals surface area contributed by atoms with Crippen LogP contribution in [0.4, 0.5) is 0 Å². The predicted octanol–water partition coefficient (Wildman–Crippen LogP) is 5.78. The van der Waals surface area contributed by atoms with E-state index in [1.54, 1.807) is 36.0 Å². The Kier molecular flexibility index (Phi) is 8.84. The summed E-state index contributed by atoms with van der Waals surface area (Å²) in [6, 6.07) is 20.3. The number of hydrogen-bond acceptors (Lipinski definition) is 4. The first-order chi connectivity index (χ1) is 15.7. The molecule has 0 aliphatic carbocycles. The highest BCUT2D eigenvalue weighted by Gasteiger charge is 2.27. The van der Waals surface area contributed by atoms with E-state index in [1.807, 2.05) is 37.4 Å². The van der Waals surface area contributed by atoms with Crippen molar-refractivity contribution in [2.75, 3.05) is 12.8 Å². The molecule has 0 saturated heterocycles. The highest BCUT2D eigenvalue weighted by molar-refractivity contribution is 7.98. The van der Waals surface area contributed by atoms with E-state index in [0.717, 1.165) is 14.8 Å². The zero-order chi connectivity index (χ0) is 24.0. The van der Waals surface area contributed by atoms with Gasteiger partial charge in [0.2, 0.25) is 15.9 Å². The molecule has 0 bridgehead atoms. The number of halogens is 2. The third-order valence-electron chi connectivity index (χ3n) is 5.04. The number of rotatable bonds is 9. The molecule has 1 unspecified atom stereocenters. The van der Waals surface area contributed by atoms with Crippen molar-refractivity contribution in [1.29, 1.82) is 0 Å². The van der Waals surface area contributed by atoms with Crippen LogP contribution in [0.3, 0.4) is 0 Å². The van der Waals surface area contributed by atoms with E-state index in [-0.39, 0.29) is 24.0 Å². The molecule has 0 aromatic heterocycles. The normalized spacial score (nSPS) is 12.5. The lowest BCUT2D eigenvalue weighted by Gasteiger charge is -2.23. The molecular formula is C24H24Cl2N2O3S2. The minimum absolute atomic E-state index is 0.0202. The van der Waals surface area contributed by atoms with Gasteiger partial charge in [-0.15, -0.1) is 11.8 Å². The van der Waals surface area contributed by atoms with Crippen LogP contribution in [0.1, 0.15) is 24.1 Å². The Hall–Kier alpha value is -2.03. The van der Waals surface area contributed by atoms with Gasteiger partial charge in [0.1, 0.15) is 0 Å². The van der Waals surface area contributed by atoms with Crippen LogP contribution in [0.15, 0.2) is 82.6 Å². The molecular weight excluding hydrogens is 499 g/mol. The molecule has 3 aromatic rings. The van der Waals surface area contributed by atoms with Crippen molar-refractivity contribution in [3.8, 4) is 0 Å². The van der Waals surface area contributed by atoms with Gasteiger partial charge in [-0.25, -0.2) is 8.42 Å². The number of sulfonamides is 1. The van der Waals surface area contributed by atoms with Gasteiger partial charge in [-0.2, -0.15) is 4.31 Å². The number of thioether (sulfide) groups is 1. The average molecular weight is 524 g/mol. The number of amides is 1. The van der Waals surface area contributed by atoms with Crippen molar-refractivity contribution in [3.63, 3.8) is 0 Å². The standard InChI is InChI=1S/C24H24Cl2N2O3S2/c1-17(19-5-11-22(32-2)12-6-19)27-24(29)16-28(15-18-3-7-20(25)8-4-18)33(30,31)23-13-9-21(26)10-14-23/h3-14,17H,15-16H2,1-2H3,(H,27,29). The molecule has 1 amide bonds. The lowest BCUT2D eigenvalue weighted by molar-refractivity contribution is -0.122. The van der Waals surface area contributed by atoms with Gasteiger partial charge in [0.15, 0.2) is 0 Å². The SMILES string of the molecule is CSc1ccc(C(C)NC(=O)CN(Cc2ccc(Cl)cc2)S(=O)(=O)c2ccc(Cl)cc2)cc1. The van der Waals surface area contributed by atoms with E-state index in [1.165, 1.54) is 24.3 Å². The maximum absolute atomic E-state index is 13.4. The predicted molar refractivity (Wildman–Crippen MR) is 135 cm³/mol. The summed E-state index contributed by atoms with van der Waals surface area (Å²) in [6.45, 7) is 1.55. The van der Waals surface area contributed by atoms with E-state index >= 15 is 0 Å². The first-order valence-electron chi connectivity index (χ1n) is 10.1. The fraction of sp³-hybridized carbons (Fsp3) is 0.208. The Balaban J connectivity index is 1.81. The lowest BCUT2D eigenvalue weighted by atomic mass is 10.1. The first kappa shape index (κ1) is 25.6. The fourth-order valence-corrected chi connectivity index (χ4v) is 5.24. The second-order valence-electron chi connectivity index (χ2n) is 7.42. The molecule has 3 rings (SSSR count). The van der Waals surface area contributed by atoms with Crippen LogP contribution >= 0.6 is 35.0 Å². The summed E-state index contributed by atoms with van der Waals surface area (Å²) in [5.41, 5.74) is 1.65. The van der Waals surface area contributed by atoms with Crippen molar-refractivity contribution < 1.29 is 13.2 Å². The molecule has 0 heterocycles. The van der Waals surface area contributed by atoms with Crippen molar-refractivity contribution in [2.24, 2.45) is 0 Å². The molecule has 9 heteroatoms. The maximum Gasteiger partial charge on any atom is 0.243 e. The van der Waals surface area contributed by atoms with Crippen molar-refractivity contribution >= 4 is 50.9 Å². The van der Waals surface area contributed by atoms with Crippen molar-refractivity contribution in [3.05, 3.63) is 94.0 Å². The number of benzene rings is 3. The Morgan fingerprint density at radius 2 is 1.48 bits per heavy atom. The highest BCUT2D eigenvalue weighted by Crippen LogP contribution is 2.22. The number of carbonyl (C=O) groups excluding carboxylic acids is 1. The van der Waals surface area contributed by atoms with Gasteiger partial charge in [-0.3, -0.25) is 4.79 Å². The van der Waals surface area contributed by atoms with E-state index in [2.05, 4.69) is 5.32 Å². The van der Waals surface area contributed by atoms with E-state index in [4.69, 9.17) is 23.2 Å². The second-order valence-corrected chi connectivity index (χ2v) is 11.1. The maximum atomic E-state index is 13.4. The van der Waals surface area contributed by atoms with Crippen LogP contribution in [0.25, 0.3) is 0 Å². The molecule has 0 radical (unpaired) electrons. The fourth-order valence-electron chi connectivity index (χ4n) is 3.20. The van der Waals surface area contributed by atoms with Gasteiger partial charge in [-0.05, 0) is 72.8 Å². The van der Waals surface area contributed by atoms with Crippen LogP contribution < -0.4 is 5.32 Å². The quantitative estimate of drug-likeness (QED) is 0.361. The Labute approximate surface area is 209 Å². The topological polar surface area (TPSA) is 66.5 Å². The molecule has 1 atom stereocenters. The minimum atomic E-state index is -3.95. The van der Waals surface area contributed by atoms with Crippen LogP contribution in [0.2, 0.25) is 10.0 Å². The summed E-state index contributed by atoms with van der Waals surface area (Å²) in [6.07, 6.45) is 2.00. The first-order valence-corrected chi connectivity index (χ1v) is 13.5.